The second-order valence-electron chi connectivity index (χ2n) is 4.77. The molecule has 1 aromatic carbocycles. The lowest BCUT2D eigenvalue weighted by Crippen LogP contribution is -2.12. The molecule has 0 spiro atoms. The Balaban J connectivity index is 2.17. The smallest absolute Gasteiger partial charge is 0.0685 e. The van der Waals surface area contributed by atoms with Crippen molar-refractivity contribution in [3.63, 3.8) is 0 Å². The Morgan fingerprint density at radius 3 is 2.29 bits per heavy atom. The predicted octanol–water partition coefficient (Wildman–Crippen LogP) is 4.13. The normalized spacial score (nSPS) is 12.5. The highest BCUT2D eigenvalue weighted by atomic mass is 31.3. The number of hydrogen-bond donors (Lipinski definition) is 0. The minimum atomic E-state index is -0.768. The van der Waals surface area contributed by atoms with Crippen LogP contribution < -0.4 is 0 Å². The van der Waals surface area contributed by atoms with Crippen LogP contribution in [0.15, 0.2) is 30.3 Å². The van der Waals surface area contributed by atoms with Gasteiger partial charge >= 0.3 is 0 Å². The first-order valence-electron chi connectivity index (χ1n) is 5.37. The summed E-state index contributed by atoms with van der Waals surface area (Å²) in [4.78, 5) is 0. The van der Waals surface area contributed by atoms with Crippen molar-refractivity contribution >= 4 is 15.9 Å². The second kappa shape index (κ2) is 5.68. The van der Waals surface area contributed by atoms with Crippen LogP contribution in [-0.2, 0) is 6.42 Å². The lowest BCUT2D eigenvalue weighted by Gasteiger charge is -2.15. The Kier molecular flexibility index (Phi) is 4.84. The first-order valence-corrected chi connectivity index (χ1v) is 11.1. The molecule has 0 aromatic heterocycles. The third kappa shape index (κ3) is 5.57. The van der Waals surface area contributed by atoms with E-state index in [0.29, 0.717) is 0 Å². The molecule has 0 aliphatic carbocycles. The number of benzene rings is 1. The van der Waals surface area contributed by atoms with E-state index < -0.39 is 7.74 Å². The Morgan fingerprint density at radius 2 is 1.71 bits per heavy atom. The Bertz CT molecular complexity index is 251. The molecule has 2 heteroatoms. The van der Waals surface area contributed by atoms with Crippen molar-refractivity contribution < 1.29 is 0 Å². The highest BCUT2D eigenvalue weighted by Crippen LogP contribution is 2.27. The highest BCUT2D eigenvalue weighted by Gasteiger charge is 2.11. The lowest BCUT2D eigenvalue weighted by molar-refractivity contribution is 0.933. The van der Waals surface area contributed by atoms with Gasteiger partial charge in [-0.15, -0.1) is 8.13 Å². The van der Waals surface area contributed by atoms with Crippen LogP contribution in [0.3, 0.4) is 0 Å². The molecule has 14 heavy (non-hydrogen) atoms. The van der Waals surface area contributed by atoms with E-state index in [4.69, 9.17) is 0 Å². The van der Waals surface area contributed by atoms with Crippen LogP contribution in [0.2, 0.25) is 19.6 Å². The summed E-state index contributed by atoms with van der Waals surface area (Å²) in [6.07, 6.45) is 4.07. The molecule has 0 heterocycles. The average molecular weight is 224 g/mol. The van der Waals surface area contributed by atoms with Crippen molar-refractivity contribution in [3.8, 4) is 0 Å². The van der Waals surface area contributed by atoms with E-state index in [1.807, 2.05) is 0 Å². The molecule has 0 amide bonds. The van der Waals surface area contributed by atoms with Crippen LogP contribution in [0.4, 0.5) is 0 Å². The standard InChI is InChI=1S/C12H21PSi/c1-14(2,3)13-11-7-10-12-8-5-4-6-9-12/h4-6,8-9,13H,7,10-11H2,1-3H3. The van der Waals surface area contributed by atoms with Crippen molar-refractivity contribution in [1.29, 1.82) is 0 Å². The quantitative estimate of drug-likeness (QED) is 0.401. The summed E-state index contributed by atoms with van der Waals surface area (Å²) in [6.45, 7) is 7.40. The van der Waals surface area contributed by atoms with Crippen LogP contribution in [0, 0.1) is 0 Å². The molecular formula is C12H21PSi. The molecule has 0 bridgehead atoms. The van der Waals surface area contributed by atoms with Crippen molar-refractivity contribution in [2.24, 2.45) is 0 Å². The van der Waals surface area contributed by atoms with Gasteiger partial charge in [0.15, 0.2) is 0 Å². The first-order chi connectivity index (χ1) is 6.58. The molecule has 1 rings (SSSR count). The maximum atomic E-state index is 2.47. The average Bonchev–Trinajstić information content (AvgIpc) is 2.13. The van der Waals surface area contributed by atoms with Gasteiger partial charge in [0, 0.05) is 0 Å². The molecular weight excluding hydrogens is 203 g/mol. The fraction of sp³-hybridized carbons (Fsp3) is 0.500. The molecule has 0 saturated carbocycles. The van der Waals surface area contributed by atoms with Crippen LogP contribution >= 0.6 is 8.13 Å². The molecule has 0 N–H and O–H groups in total. The minimum absolute atomic E-state index is 0.768. The van der Waals surface area contributed by atoms with Crippen molar-refractivity contribution in [2.75, 3.05) is 6.16 Å². The first kappa shape index (κ1) is 11.9. The molecule has 0 nitrogen and oxygen atoms in total. The summed E-state index contributed by atoms with van der Waals surface area (Å²) < 4.78 is 0. The van der Waals surface area contributed by atoms with Gasteiger partial charge in [-0.05, 0) is 24.6 Å². The Morgan fingerprint density at radius 1 is 1.07 bits per heavy atom. The van der Waals surface area contributed by atoms with Crippen molar-refractivity contribution in [1.82, 2.24) is 0 Å². The van der Waals surface area contributed by atoms with E-state index in [-0.39, 0.29) is 0 Å². The molecule has 0 aliphatic rings. The van der Waals surface area contributed by atoms with Gasteiger partial charge in [0.05, 0.1) is 7.74 Å². The fourth-order valence-electron chi connectivity index (χ4n) is 1.40. The zero-order chi connectivity index (χ0) is 10.4. The number of rotatable bonds is 5. The maximum Gasteiger partial charge on any atom is 0.0685 e. The van der Waals surface area contributed by atoms with E-state index in [1.165, 1.54) is 32.7 Å². The van der Waals surface area contributed by atoms with E-state index in [0.717, 1.165) is 0 Å². The van der Waals surface area contributed by atoms with Crippen molar-refractivity contribution in [3.05, 3.63) is 35.9 Å². The summed E-state index contributed by atoms with van der Waals surface area (Å²) in [6, 6.07) is 10.8. The topological polar surface area (TPSA) is 0 Å². The zero-order valence-electron chi connectivity index (χ0n) is 9.51. The molecule has 0 saturated heterocycles. The van der Waals surface area contributed by atoms with Gasteiger partial charge < -0.3 is 0 Å². The van der Waals surface area contributed by atoms with Gasteiger partial charge in [-0.2, -0.15) is 0 Å². The molecule has 1 aromatic rings. The van der Waals surface area contributed by atoms with Crippen LogP contribution in [-0.4, -0.2) is 13.9 Å². The van der Waals surface area contributed by atoms with Crippen molar-refractivity contribution in [2.45, 2.75) is 32.5 Å². The van der Waals surface area contributed by atoms with Gasteiger partial charge in [0.25, 0.3) is 0 Å². The van der Waals surface area contributed by atoms with E-state index in [2.05, 4.69) is 50.0 Å². The van der Waals surface area contributed by atoms with Gasteiger partial charge in [0.1, 0.15) is 0 Å². The van der Waals surface area contributed by atoms with Crippen LogP contribution in [0.1, 0.15) is 12.0 Å². The highest BCUT2D eigenvalue weighted by molar-refractivity contribution is 7.81. The van der Waals surface area contributed by atoms with Gasteiger partial charge in [0.2, 0.25) is 0 Å². The summed E-state index contributed by atoms with van der Waals surface area (Å²) in [5.74, 6) is 0. The van der Waals surface area contributed by atoms with Gasteiger partial charge in [-0.1, -0.05) is 50.0 Å². The Hall–Kier alpha value is -0.133. The molecule has 0 radical (unpaired) electrons. The minimum Gasteiger partial charge on any atom is -0.134 e. The third-order valence-corrected chi connectivity index (χ3v) is 7.74. The van der Waals surface area contributed by atoms with Gasteiger partial charge in [-0.25, -0.2) is 0 Å². The zero-order valence-corrected chi connectivity index (χ0v) is 11.5. The van der Waals surface area contributed by atoms with E-state index in [1.54, 1.807) is 0 Å². The third-order valence-electron chi connectivity index (χ3n) is 2.14. The summed E-state index contributed by atoms with van der Waals surface area (Å²) >= 11 is 0. The van der Waals surface area contributed by atoms with Crippen LogP contribution in [0.25, 0.3) is 0 Å². The molecule has 1 unspecified atom stereocenters. The SMILES string of the molecule is C[Si](C)(C)PCCCc1ccccc1. The van der Waals surface area contributed by atoms with E-state index >= 15 is 0 Å². The largest absolute Gasteiger partial charge is 0.134 e. The summed E-state index contributed by atoms with van der Waals surface area (Å²) in [5.41, 5.74) is 1.49. The fourth-order valence-corrected chi connectivity index (χ4v) is 5.28. The number of hydrogen-bond acceptors (Lipinski definition) is 0. The van der Waals surface area contributed by atoms with Gasteiger partial charge in [-0.3, -0.25) is 0 Å². The predicted molar refractivity (Wildman–Crippen MR) is 71.3 cm³/mol. The lowest BCUT2D eigenvalue weighted by atomic mass is 10.1. The molecule has 78 valence electrons. The molecule has 1 atom stereocenters. The van der Waals surface area contributed by atoms with Crippen LogP contribution in [0.5, 0.6) is 0 Å². The number of aryl methyl sites for hydroxylation is 1. The Labute approximate surface area is 90.8 Å². The summed E-state index contributed by atoms with van der Waals surface area (Å²) in [7, 11) is 0.465. The monoisotopic (exact) mass is 224 g/mol. The maximum absolute atomic E-state index is 2.47. The summed E-state index contributed by atoms with van der Waals surface area (Å²) in [5, 5.41) is 0. The van der Waals surface area contributed by atoms with E-state index in [9.17, 15) is 0 Å². The molecule has 0 fully saturated rings. The molecule has 0 aliphatic heterocycles. The second-order valence-corrected chi connectivity index (χ2v) is 15.7.